The van der Waals surface area contributed by atoms with Crippen LogP contribution in [0, 0.1) is 6.92 Å². The molecule has 0 aromatic heterocycles. The van der Waals surface area contributed by atoms with Crippen LogP contribution in [0.4, 0.5) is 14.9 Å². The molecule has 1 aromatic carbocycles. The number of ether oxygens (including phenoxy) is 3. The maximum atomic E-state index is 13.2. The second kappa shape index (κ2) is 8.78. The van der Waals surface area contributed by atoms with Gasteiger partial charge < -0.3 is 24.0 Å². The molecule has 0 fully saturated rings. The van der Waals surface area contributed by atoms with Crippen molar-refractivity contribution in [2.45, 2.75) is 52.2 Å². The molecule has 2 aliphatic rings. The summed E-state index contributed by atoms with van der Waals surface area (Å²) in [6.45, 7) is 10.2. The van der Waals surface area contributed by atoms with Gasteiger partial charge in [0.25, 0.3) is 0 Å². The van der Waals surface area contributed by atoms with E-state index >= 15 is 0 Å². The Morgan fingerprint density at radius 1 is 1.28 bits per heavy atom. The minimum absolute atomic E-state index is 0.267. The van der Waals surface area contributed by atoms with Gasteiger partial charge in [-0.1, -0.05) is 0 Å². The van der Waals surface area contributed by atoms with Gasteiger partial charge in [-0.05, 0) is 63.3 Å². The number of alkyl halides is 1. The fourth-order valence-electron chi connectivity index (χ4n) is 4.07. The van der Waals surface area contributed by atoms with Gasteiger partial charge in [0.15, 0.2) is 0 Å². The van der Waals surface area contributed by atoms with Crippen LogP contribution in [0.2, 0.25) is 0 Å². The van der Waals surface area contributed by atoms with E-state index in [0.29, 0.717) is 32.8 Å². The molecule has 162 valence electrons. The number of nitrogens with zero attached hydrogens (tertiary/aromatic N) is 2. The number of halogens is 1. The first-order chi connectivity index (χ1) is 13.7. The second-order valence-electron chi connectivity index (χ2n) is 8.76. The maximum Gasteiger partial charge on any atom is 0.410 e. The monoisotopic (exact) mass is 408 g/mol. The van der Waals surface area contributed by atoms with Crippen molar-refractivity contribution < 1.29 is 23.4 Å². The van der Waals surface area contributed by atoms with Crippen molar-refractivity contribution in [1.29, 1.82) is 0 Å². The Bertz CT molecular complexity index is 743. The topological polar surface area (TPSA) is 51.2 Å². The van der Waals surface area contributed by atoms with E-state index in [0.717, 1.165) is 29.8 Å². The van der Waals surface area contributed by atoms with Gasteiger partial charge in [-0.3, -0.25) is 0 Å². The zero-order valence-electron chi connectivity index (χ0n) is 18.2. The number of carbonyl (C=O) groups is 1. The van der Waals surface area contributed by atoms with E-state index < -0.39 is 18.4 Å². The fraction of sp³-hybridized carbons (Fsp3) is 0.682. The van der Waals surface area contributed by atoms with Crippen LogP contribution >= 0.6 is 0 Å². The smallest absolute Gasteiger partial charge is 0.410 e. The van der Waals surface area contributed by atoms with Crippen LogP contribution in [-0.4, -0.2) is 69.3 Å². The average Bonchev–Trinajstić information content (AvgIpc) is 2.87. The quantitative estimate of drug-likeness (QED) is 0.763. The highest BCUT2D eigenvalue weighted by Gasteiger charge is 2.29. The number of carbonyl (C=O) groups excluding carboxylic acids is 1. The lowest BCUT2D eigenvalue weighted by Crippen LogP contribution is -2.40. The number of anilines is 1. The standard InChI is InChI=1S/C22H33FN2O4/c1-15-18-7-9-24(21(26)29-22(2,3)4)8-6-16(18)12-19-20(15)25(10-11-28-19)14-17(13-23)27-5/h12,17H,6-11,13-14H2,1-5H3/t17-/m0/s1. The summed E-state index contributed by atoms with van der Waals surface area (Å²) < 4.78 is 30.0. The number of methoxy groups -OCH3 is 1. The van der Waals surface area contributed by atoms with E-state index in [9.17, 15) is 9.18 Å². The summed E-state index contributed by atoms with van der Waals surface area (Å²) in [5.74, 6) is 0.840. The lowest BCUT2D eigenvalue weighted by molar-refractivity contribution is 0.0258. The van der Waals surface area contributed by atoms with Crippen molar-refractivity contribution in [2.75, 3.05) is 51.5 Å². The highest BCUT2D eigenvalue weighted by molar-refractivity contribution is 5.71. The van der Waals surface area contributed by atoms with Gasteiger partial charge in [-0.15, -0.1) is 0 Å². The lowest BCUT2D eigenvalue weighted by Gasteiger charge is -2.35. The Labute approximate surface area is 172 Å². The number of fused-ring (bicyclic) bond motifs is 2. The molecule has 1 atom stereocenters. The van der Waals surface area contributed by atoms with Gasteiger partial charge in [0.2, 0.25) is 0 Å². The van der Waals surface area contributed by atoms with Crippen LogP contribution < -0.4 is 9.64 Å². The Morgan fingerprint density at radius 3 is 2.66 bits per heavy atom. The summed E-state index contributed by atoms with van der Waals surface area (Å²) in [6.07, 6.45) is 0.800. The average molecular weight is 409 g/mol. The molecule has 0 saturated carbocycles. The molecule has 6 nitrogen and oxygen atoms in total. The van der Waals surface area contributed by atoms with Gasteiger partial charge in [0.05, 0.1) is 12.2 Å². The Balaban J connectivity index is 1.84. The van der Waals surface area contributed by atoms with E-state index in [2.05, 4.69) is 17.9 Å². The van der Waals surface area contributed by atoms with Crippen molar-refractivity contribution >= 4 is 11.8 Å². The molecule has 0 aliphatic carbocycles. The SMILES string of the molecule is CO[C@@H](CF)CN1CCOc2cc3c(c(C)c21)CCN(C(=O)OC(C)(C)C)CC3. The van der Waals surface area contributed by atoms with Gasteiger partial charge in [0.1, 0.15) is 30.7 Å². The van der Waals surface area contributed by atoms with Gasteiger partial charge in [-0.25, -0.2) is 9.18 Å². The molecule has 2 aliphatic heterocycles. The molecular formula is C22H33FN2O4. The summed E-state index contributed by atoms with van der Waals surface area (Å²) in [6, 6.07) is 2.10. The van der Waals surface area contributed by atoms with E-state index in [-0.39, 0.29) is 6.09 Å². The molecular weight excluding hydrogens is 375 g/mol. The third-order valence-electron chi connectivity index (χ3n) is 5.53. The number of benzene rings is 1. The maximum absolute atomic E-state index is 13.2. The molecule has 0 saturated heterocycles. The first-order valence-electron chi connectivity index (χ1n) is 10.3. The Morgan fingerprint density at radius 2 is 2.00 bits per heavy atom. The van der Waals surface area contributed by atoms with Crippen molar-refractivity contribution in [2.24, 2.45) is 0 Å². The van der Waals surface area contributed by atoms with Crippen molar-refractivity contribution in [1.82, 2.24) is 4.90 Å². The third-order valence-corrected chi connectivity index (χ3v) is 5.53. The van der Waals surface area contributed by atoms with Crippen molar-refractivity contribution in [3.05, 3.63) is 22.8 Å². The third kappa shape index (κ3) is 4.94. The van der Waals surface area contributed by atoms with Crippen LogP contribution in [0.25, 0.3) is 0 Å². The fourth-order valence-corrected chi connectivity index (χ4v) is 4.07. The minimum Gasteiger partial charge on any atom is -0.490 e. The molecule has 0 radical (unpaired) electrons. The molecule has 0 spiro atoms. The molecule has 1 amide bonds. The Hall–Kier alpha value is -2.02. The first-order valence-corrected chi connectivity index (χ1v) is 10.3. The Kier molecular flexibility index (Phi) is 6.56. The normalized spacial score (nSPS) is 17.7. The van der Waals surface area contributed by atoms with E-state index in [1.807, 2.05) is 20.8 Å². The van der Waals surface area contributed by atoms with Crippen molar-refractivity contribution in [3.8, 4) is 5.75 Å². The summed E-state index contributed by atoms with van der Waals surface area (Å²) in [4.78, 5) is 16.5. The molecule has 3 rings (SSSR count). The minimum atomic E-state index is -0.516. The zero-order chi connectivity index (χ0) is 21.2. The van der Waals surface area contributed by atoms with Gasteiger partial charge >= 0.3 is 6.09 Å². The van der Waals surface area contributed by atoms with Crippen molar-refractivity contribution in [3.63, 3.8) is 0 Å². The molecule has 0 bridgehead atoms. The highest BCUT2D eigenvalue weighted by atomic mass is 19.1. The van der Waals surface area contributed by atoms with E-state index in [1.165, 1.54) is 11.1 Å². The highest BCUT2D eigenvalue weighted by Crippen LogP contribution is 2.40. The van der Waals surface area contributed by atoms with Crippen LogP contribution in [0.15, 0.2) is 6.07 Å². The zero-order valence-corrected chi connectivity index (χ0v) is 18.2. The summed E-state index contributed by atoms with van der Waals surface area (Å²) in [7, 11) is 1.54. The van der Waals surface area contributed by atoms with Gasteiger partial charge in [-0.2, -0.15) is 0 Å². The first kappa shape index (κ1) is 21.7. The van der Waals surface area contributed by atoms with Gasteiger partial charge in [0, 0.05) is 26.7 Å². The largest absolute Gasteiger partial charge is 0.490 e. The molecule has 0 N–H and O–H groups in total. The number of rotatable bonds is 4. The summed E-state index contributed by atoms with van der Waals surface area (Å²) >= 11 is 0. The summed E-state index contributed by atoms with van der Waals surface area (Å²) in [5, 5.41) is 0. The number of hydrogen-bond donors (Lipinski definition) is 0. The molecule has 1 aromatic rings. The number of hydrogen-bond acceptors (Lipinski definition) is 5. The summed E-state index contributed by atoms with van der Waals surface area (Å²) in [5.41, 5.74) is 4.13. The molecule has 7 heteroatoms. The predicted octanol–water partition coefficient (Wildman–Crippen LogP) is 3.51. The lowest BCUT2D eigenvalue weighted by atomic mass is 9.94. The van der Waals surface area contributed by atoms with Crippen LogP contribution in [-0.2, 0) is 22.3 Å². The predicted molar refractivity (Wildman–Crippen MR) is 111 cm³/mol. The van der Waals surface area contributed by atoms with Crippen LogP contribution in [0.5, 0.6) is 5.75 Å². The van der Waals surface area contributed by atoms with Crippen LogP contribution in [0.1, 0.15) is 37.5 Å². The molecule has 29 heavy (non-hydrogen) atoms. The number of amides is 1. The molecule has 0 unspecified atom stereocenters. The van der Waals surface area contributed by atoms with E-state index in [1.54, 1.807) is 12.0 Å². The van der Waals surface area contributed by atoms with E-state index in [4.69, 9.17) is 14.2 Å². The molecule has 2 heterocycles. The van der Waals surface area contributed by atoms with Crippen LogP contribution in [0.3, 0.4) is 0 Å². The second-order valence-corrected chi connectivity index (χ2v) is 8.76.